The van der Waals surface area contributed by atoms with E-state index in [1.165, 1.54) is 11.3 Å². The van der Waals surface area contributed by atoms with Gasteiger partial charge in [0.2, 0.25) is 4.96 Å². The second-order valence-corrected chi connectivity index (χ2v) is 7.39. The highest BCUT2D eigenvalue weighted by molar-refractivity contribution is 7.15. The lowest BCUT2D eigenvalue weighted by Crippen LogP contribution is -2.21. The fourth-order valence-corrected chi connectivity index (χ4v) is 3.86. The molecule has 2 aromatic heterocycles. The number of anilines is 1. The number of carbonyl (C=O) groups excluding carboxylic acids is 1. The standard InChI is InChI=1S/C21H20N4O3S/c1-13-8-9-17(14(2)10-13)28-11-19(26)22-20-23-21-25(24-20)16(12-29-21)15-6-4-5-7-18(15)27-3/h4-10,12H,11H2,1-3H3,(H,22,24,26). The molecule has 4 aromatic rings. The molecule has 29 heavy (non-hydrogen) atoms. The monoisotopic (exact) mass is 408 g/mol. The number of carbonyl (C=O) groups is 1. The maximum absolute atomic E-state index is 12.3. The molecule has 0 bridgehead atoms. The summed E-state index contributed by atoms with van der Waals surface area (Å²) in [6, 6.07) is 13.5. The number of rotatable bonds is 6. The topological polar surface area (TPSA) is 77.8 Å². The van der Waals surface area contributed by atoms with Crippen LogP contribution in [-0.4, -0.2) is 34.2 Å². The maximum atomic E-state index is 12.3. The first-order valence-electron chi connectivity index (χ1n) is 9.02. The van der Waals surface area contributed by atoms with Gasteiger partial charge in [-0.15, -0.1) is 16.4 Å². The molecule has 1 amide bonds. The molecule has 0 unspecified atom stereocenters. The number of benzene rings is 2. The van der Waals surface area contributed by atoms with Crippen molar-refractivity contribution in [3.63, 3.8) is 0 Å². The third kappa shape index (κ3) is 3.93. The number of hydrogen-bond acceptors (Lipinski definition) is 6. The molecule has 0 saturated heterocycles. The molecule has 8 heteroatoms. The average molecular weight is 408 g/mol. The Morgan fingerprint density at radius 1 is 1.17 bits per heavy atom. The summed E-state index contributed by atoms with van der Waals surface area (Å²) < 4.78 is 12.8. The highest BCUT2D eigenvalue weighted by Gasteiger charge is 2.16. The van der Waals surface area contributed by atoms with Gasteiger partial charge in [0.15, 0.2) is 6.61 Å². The summed E-state index contributed by atoms with van der Waals surface area (Å²) in [4.78, 5) is 17.3. The van der Waals surface area contributed by atoms with Gasteiger partial charge in [-0.2, -0.15) is 4.98 Å². The summed E-state index contributed by atoms with van der Waals surface area (Å²) in [6.07, 6.45) is 0. The van der Waals surface area contributed by atoms with Crippen molar-refractivity contribution < 1.29 is 14.3 Å². The van der Waals surface area contributed by atoms with Crippen molar-refractivity contribution >= 4 is 28.2 Å². The van der Waals surface area contributed by atoms with Crippen molar-refractivity contribution in [1.29, 1.82) is 0 Å². The van der Waals surface area contributed by atoms with E-state index in [1.54, 1.807) is 11.6 Å². The third-order valence-electron chi connectivity index (χ3n) is 4.40. The Bertz CT molecular complexity index is 1180. The molecule has 1 N–H and O–H groups in total. The summed E-state index contributed by atoms with van der Waals surface area (Å²) in [5.41, 5.74) is 3.89. The molecule has 0 fully saturated rings. The van der Waals surface area contributed by atoms with Crippen LogP contribution in [0.5, 0.6) is 11.5 Å². The Balaban J connectivity index is 1.49. The SMILES string of the molecule is COc1ccccc1-c1csc2nc(NC(=O)COc3ccc(C)cc3C)nn12. The van der Waals surface area contributed by atoms with Crippen LogP contribution in [0.3, 0.4) is 0 Å². The Hall–Kier alpha value is -3.39. The van der Waals surface area contributed by atoms with Gasteiger partial charge in [0.05, 0.1) is 12.8 Å². The van der Waals surface area contributed by atoms with Crippen LogP contribution in [0.4, 0.5) is 5.95 Å². The van der Waals surface area contributed by atoms with Crippen LogP contribution in [0.15, 0.2) is 47.8 Å². The van der Waals surface area contributed by atoms with E-state index in [-0.39, 0.29) is 18.5 Å². The second-order valence-electron chi connectivity index (χ2n) is 6.56. The van der Waals surface area contributed by atoms with Gasteiger partial charge in [-0.1, -0.05) is 29.8 Å². The predicted octanol–water partition coefficient (Wildman–Crippen LogP) is 4.10. The van der Waals surface area contributed by atoms with Crippen molar-refractivity contribution in [2.24, 2.45) is 0 Å². The zero-order valence-corrected chi connectivity index (χ0v) is 17.1. The van der Waals surface area contributed by atoms with Crippen LogP contribution < -0.4 is 14.8 Å². The van der Waals surface area contributed by atoms with Crippen molar-refractivity contribution in [2.45, 2.75) is 13.8 Å². The average Bonchev–Trinajstić information content (AvgIpc) is 3.27. The van der Waals surface area contributed by atoms with Crippen LogP contribution in [0.25, 0.3) is 16.2 Å². The van der Waals surface area contributed by atoms with Crippen molar-refractivity contribution in [2.75, 3.05) is 19.0 Å². The van der Waals surface area contributed by atoms with Gasteiger partial charge in [-0.3, -0.25) is 10.1 Å². The summed E-state index contributed by atoms with van der Waals surface area (Å²) in [5.74, 6) is 1.35. The molecule has 2 aromatic carbocycles. The fraction of sp³-hybridized carbons (Fsp3) is 0.190. The third-order valence-corrected chi connectivity index (χ3v) is 5.22. The van der Waals surface area contributed by atoms with E-state index >= 15 is 0 Å². The van der Waals surface area contributed by atoms with E-state index in [2.05, 4.69) is 15.4 Å². The minimum atomic E-state index is -0.318. The van der Waals surface area contributed by atoms with Gasteiger partial charge in [0.25, 0.3) is 11.9 Å². The van der Waals surface area contributed by atoms with Gasteiger partial charge >= 0.3 is 0 Å². The van der Waals surface area contributed by atoms with Gasteiger partial charge in [0.1, 0.15) is 11.5 Å². The smallest absolute Gasteiger partial charge is 0.264 e. The lowest BCUT2D eigenvalue weighted by Gasteiger charge is -2.09. The fourth-order valence-electron chi connectivity index (χ4n) is 3.04. The molecule has 4 rings (SSSR count). The summed E-state index contributed by atoms with van der Waals surface area (Å²) in [7, 11) is 1.63. The molecular weight excluding hydrogens is 388 g/mol. The minimum Gasteiger partial charge on any atom is -0.496 e. The molecule has 148 valence electrons. The number of amides is 1. The van der Waals surface area contributed by atoms with E-state index in [1.807, 2.05) is 61.7 Å². The van der Waals surface area contributed by atoms with Gasteiger partial charge in [-0.25, -0.2) is 4.52 Å². The van der Waals surface area contributed by atoms with Crippen LogP contribution in [0.1, 0.15) is 11.1 Å². The normalized spacial score (nSPS) is 10.9. The van der Waals surface area contributed by atoms with Gasteiger partial charge in [0, 0.05) is 10.9 Å². The molecule has 0 radical (unpaired) electrons. The first-order chi connectivity index (χ1) is 14.0. The van der Waals surface area contributed by atoms with Crippen molar-refractivity contribution in [3.05, 3.63) is 59.0 Å². The second kappa shape index (κ2) is 7.92. The number of aromatic nitrogens is 3. The van der Waals surface area contributed by atoms with Gasteiger partial charge in [-0.05, 0) is 37.6 Å². The largest absolute Gasteiger partial charge is 0.496 e. The van der Waals surface area contributed by atoms with Crippen LogP contribution in [0.2, 0.25) is 0 Å². The van der Waals surface area contributed by atoms with E-state index in [0.29, 0.717) is 10.7 Å². The number of hydrogen-bond donors (Lipinski definition) is 1. The Kier molecular flexibility index (Phi) is 5.18. The molecule has 0 spiro atoms. The van der Waals surface area contributed by atoms with Crippen LogP contribution in [0, 0.1) is 13.8 Å². The van der Waals surface area contributed by atoms with Crippen LogP contribution >= 0.6 is 11.3 Å². The first kappa shape index (κ1) is 18.9. The Morgan fingerprint density at radius 3 is 2.79 bits per heavy atom. The number of fused-ring (bicyclic) bond motifs is 1. The number of aryl methyl sites for hydroxylation is 2. The van der Waals surface area contributed by atoms with E-state index in [9.17, 15) is 4.79 Å². The highest BCUT2D eigenvalue weighted by Crippen LogP contribution is 2.32. The van der Waals surface area contributed by atoms with Crippen LogP contribution in [-0.2, 0) is 4.79 Å². The molecular formula is C21H20N4O3S. The molecule has 0 saturated carbocycles. The zero-order chi connectivity index (χ0) is 20.4. The lowest BCUT2D eigenvalue weighted by molar-refractivity contribution is -0.118. The van der Waals surface area contributed by atoms with Gasteiger partial charge < -0.3 is 9.47 Å². The van der Waals surface area contributed by atoms with E-state index in [4.69, 9.17) is 9.47 Å². The highest BCUT2D eigenvalue weighted by atomic mass is 32.1. The number of thiazole rings is 1. The maximum Gasteiger partial charge on any atom is 0.264 e. The summed E-state index contributed by atoms with van der Waals surface area (Å²) in [6.45, 7) is 3.85. The van der Waals surface area contributed by atoms with Crippen molar-refractivity contribution in [1.82, 2.24) is 14.6 Å². The molecule has 0 aliphatic heterocycles. The molecule has 7 nitrogen and oxygen atoms in total. The predicted molar refractivity (Wildman–Crippen MR) is 113 cm³/mol. The minimum absolute atomic E-state index is 0.115. The quantitative estimate of drug-likeness (QED) is 0.520. The molecule has 0 aliphatic rings. The van der Waals surface area contributed by atoms with E-state index < -0.39 is 0 Å². The number of ether oxygens (including phenoxy) is 2. The lowest BCUT2D eigenvalue weighted by atomic mass is 10.1. The molecule has 0 aliphatic carbocycles. The summed E-state index contributed by atoms with van der Waals surface area (Å²) in [5, 5.41) is 9.08. The summed E-state index contributed by atoms with van der Waals surface area (Å²) >= 11 is 1.44. The van der Waals surface area contributed by atoms with Crippen molar-refractivity contribution in [3.8, 4) is 22.8 Å². The Morgan fingerprint density at radius 2 is 2.00 bits per heavy atom. The number of nitrogens with one attached hydrogen (secondary N) is 1. The molecule has 0 atom stereocenters. The first-order valence-corrected chi connectivity index (χ1v) is 9.90. The number of para-hydroxylation sites is 1. The van der Waals surface area contributed by atoms with E-state index in [0.717, 1.165) is 28.1 Å². The number of nitrogens with zero attached hydrogens (tertiary/aromatic N) is 3. The molecule has 2 heterocycles. The Labute approximate surface area is 171 Å². The number of methoxy groups -OCH3 is 1. The zero-order valence-electron chi connectivity index (χ0n) is 16.3.